The predicted molar refractivity (Wildman–Crippen MR) is 136 cm³/mol. The van der Waals surface area contributed by atoms with Gasteiger partial charge in [0.2, 0.25) is 0 Å². The summed E-state index contributed by atoms with van der Waals surface area (Å²) in [6.07, 6.45) is 5.76. The van der Waals surface area contributed by atoms with Crippen molar-refractivity contribution in [2.45, 2.75) is 80.6 Å². The molecule has 0 heterocycles. The van der Waals surface area contributed by atoms with E-state index in [9.17, 15) is 5.11 Å². The van der Waals surface area contributed by atoms with Crippen molar-refractivity contribution in [3.8, 4) is 0 Å². The van der Waals surface area contributed by atoms with Gasteiger partial charge in [0.25, 0.3) is 0 Å². The zero-order valence-corrected chi connectivity index (χ0v) is 21.4. The summed E-state index contributed by atoms with van der Waals surface area (Å²) in [4.78, 5) is 0. The van der Waals surface area contributed by atoms with Crippen molar-refractivity contribution in [2.75, 3.05) is 6.61 Å². The molecule has 4 aliphatic rings. The standard InChI is InChI=1S/C15H24.C14H22O.B/c1-7-13-11(4)8-15(10(2)3)12(5)9-14(13,15)6;1-9(2)14-6-10(3)12(8-15)13(14,5)7-11(14)4;/h10,13H,4-5,7-9H2,1-3,6H3;9,12,15H,3-4,6-8H2,1-2,5H3;. The second kappa shape index (κ2) is 8.09. The van der Waals surface area contributed by atoms with Crippen LogP contribution in [0.2, 0.25) is 0 Å². The Bertz CT molecular complexity index is 725. The Kier molecular flexibility index (Phi) is 6.84. The Morgan fingerprint density at radius 3 is 1.39 bits per heavy atom. The van der Waals surface area contributed by atoms with Gasteiger partial charge in [-0.1, -0.05) is 97.1 Å². The summed E-state index contributed by atoms with van der Waals surface area (Å²) in [5.74, 6) is 2.31. The van der Waals surface area contributed by atoms with Crippen LogP contribution in [-0.4, -0.2) is 20.1 Å². The number of aliphatic hydroxyl groups excluding tert-OH is 1. The van der Waals surface area contributed by atoms with Crippen LogP contribution in [0.1, 0.15) is 80.6 Å². The third kappa shape index (κ3) is 2.92. The second-order valence-corrected chi connectivity index (χ2v) is 12.0. The Morgan fingerprint density at radius 1 is 0.774 bits per heavy atom. The summed E-state index contributed by atoms with van der Waals surface area (Å²) in [6, 6.07) is 0. The quantitative estimate of drug-likeness (QED) is 0.371. The van der Waals surface area contributed by atoms with Crippen LogP contribution in [0.4, 0.5) is 0 Å². The van der Waals surface area contributed by atoms with E-state index in [2.05, 4.69) is 74.8 Å². The summed E-state index contributed by atoms with van der Waals surface area (Å²) in [7, 11) is 0. The van der Waals surface area contributed by atoms with Crippen molar-refractivity contribution in [3.05, 3.63) is 48.6 Å². The monoisotopic (exact) mass is 421 g/mol. The highest BCUT2D eigenvalue weighted by atomic mass is 16.3. The molecule has 0 aromatic rings. The highest BCUT2D eigenvalue weighted by Crippen LogP contribution is 2.76. The molecule has 1 N–H and O–H groups in total. The lowest BCUT2D eigenvalue weighted by Crippen LogP contribution is -2.53. The molecular weight excluding hydrogens is 375 g/mol. The Labute approximate surface area is 194 Å². The molecule has 0 aliphatic heterocycles. The molecule has 4 aliphatic carbocycles. The minimum absolute atomic E-state index is 0. The van der Waals surface area contributed by atoms with Gasteiger partial charge in [0, 0.05) is 25.2 Å². The van der Waals surface area contributed by atoms with Crippen LogP contribution in [-0.2, 0) is 0 Å². The number of rotatable bonds is 4. The van der Waals surface area contributed by atoms with E-state index in [0.717, 1.165) is 18.8 Å². The van der Waals surface area contributed by atoms with Crippen LogP contribution in [0.25, 0.3) is 0 Å². The number of hydrogen-bond donors (Lipinski definition) is 1. The van der Waals surface area contributed by atoms with Gasteiger partial charge < -0.3 is 5.11 Å². The van der Waals surface area contributed by atoms with Gasteiger partial charge >= 0.3 is 0 Å². The first-order valence-electron chi connectivity index (χ1n) is 12.1. The molecule has 171 valence electrons. The van der Waals surface area contributed by atoms with E-state index in [1.54, 1.807) is 0 Å². The third-order valence-electron chi connectivity index (χ3n) is 10.6. The molecule has 6 atom stereocenters. The molecule has 1 nitrogen and oxygen atoms in total. The number of fused-ring (bicyclic) bond motifs is 2. The molecule has 0 aromatic heterocycles. The van der Waals surface area contributed by atoms with Gasteiger partial charge in [-0.2, -0.15) is 0 Å². The van der Waals surface area contributed by atoms with Gasteiger partial charge in [0.15, 0.2) is 0 Å². The molecule has 3 radical (unpaired) electrons. The van der Waals surface area contributed by atoms with Crippen molar-refractivity contribution >= 4 is 8.41 Å². The van der Waals surface area contributed by atoms with Gasteiger partial charge in [-0.05, 0) is 60.7 Å². The number of allylic oxidation sites excluding steroid dienone is 3. The lowest BCUT2D eigenvalue weighted by atomic mass is 9.43. The SMILES string of the molecule is C=C1CC2(C(C)C)C(=C)CC2(C)C1CC.C=C1CC2(C(C)C)C(=C)CC2(C)C1CO.[B]. The van der Waals surface area contributed by atoms with Crippen molar-refractivity contribution in [3.63, 3.8) is 0 Å². The summed E-state index contributed by atoms with van der Waals surface area (Å²) < 4.78 is 0. The molecule has 6 unspecified atom stereocenters. The van der Waals surface area contributed by atoms with Crippen molar-refractivity contribution in [2.24, 2.45) is 45.3 Å². The van der Waals surface area contributed by atoms with E-state index in [-0.39, 0.29) is 31.8 Å². The maximum atomic E-state index is 9.52. The average Bonchev–Trinajstić information content (AvgIpc) is 2.94. The molecule has 0 amide bonds. The van der Waals surface area contributed by atoms with E-state index in [1.807, 2.05) is 0 Å². The van der Waals surface area contributed by atoms with Crippen molar-refractivity contribution in [1.82, 2.24) is 0 Å². The van der Waals surface area contributed by atoms with E-state index in [4.69, 9.17) is 0 Å². The third-order valence-corrected chi connectivity index (χ3v) is 10.6. The Hall–Kier alpha value is -1.02. The molecule has 4 rings (SSSR count). The minimum atomic E-state index is 0. The molecule has 0 spiro atoms. The van der Waals surface area contributed by atoms with Crippen LogP contribution in [0.15, 0.2) is 48.6 Å². The van der Waals surface area contributed by atoms with E-state index in [1.165, 1.54) is 41.6 Å². The van der Waals surface area contributed by atoms with Crippen LogP contribution in [0, 0.1) is 45.3 Å². The summed E-state index contributed by atoms with van der Waals surface area (Å²) in [6.45, 7) is 33.6. The Morgan fingerprint density at radius 2 is 1.13 bits per heavy atom. The predicted octanol–water partition coefficient (Wildman–Crippen LogP) is 7.36. The van der Waals surface area contributed by atoms with Gasteiger partial charge in [0.05, 0.1) is 6.61 Å². The average molecular weight is 421 g/mol. The molecule has 0 saturated heterocycles. The maximum Gasteiger partial charge on any atom is 0.0502 e. The molecule has 4 saturated carbocycles. The van der Waals surface area contributed by atoms with Crippen molar-refractivity contribution < 1.29 is 5.11 Å². The zero-order valence-electron chi connectivity index (χ0n) is 21.4. The molecule has 0 aromatic carbocycles. The highest BCUT2D eigenvalue weighted by molar-refractivity contribution is 5.75. The fourth-order valence-corrected chi connectivity index (χ4v) is 9.11. The Balaban J connectivity index is 0.000000213. The first-order chi connectivity index (χ1) is 13.8. The molecule has 31 heavy (non-hydrogen) atoms. The lowest BCUT2D eigenvalue weighted by molar-refractivity contribution is -0.0430. The number of hydrogen-bond acceptors (Lipinski definition) is 1. The van der Waals surface area contributed by atoms with Crippen LogP contribution >= 0.6 is 0 Å². The fraction of sp³-hybridized carbons (Fsp3) is 0.724. The number of aliphatic hydroxyl groups is 1. The second-order valence-electron chi connectivity index (χ2n) is 12.0. The van der Waals surface area contributed by atoms with Crippen LogP contribution < -0.4 is 0 Å². The zero-order chi connectivity index (χ0) is 22.9. The normalized spacial score (nSPS) is 43.0. The van der Waals surface area contributed by atoms with Gasteiger partial charge in [-0.3, -0.25) is 0 Å². The van der Waals surface area contributed by atoms with Gasteiger partial charge in [-0.25, -0.2) is 0 Å². The maximum absolute atomic E-state index is 9.52. The smallest absolute Gasteiger partial charge is 0.0502 e. The van der Waals surface area contributed by atoms with Crippen LogP contribution in [0.3, 0.4) is 0 Å². The fourth-order valence-electron chi connectivity index (χ4n) is 9.11. The highest BCUT2D eigenvalue weighted by Gasteiger charge is 2.68. The summed E-state index contributed by atoms with van der Waals surface area (Å²) >= 11 is 0. The minimum Gasteiger partial charge on any atom is -0.396 e. The van der Waals surface area contributed by atoms with E-state index in [0.29, 0.717) is 22.7 Å². The molecule has 0 bridgehead atoms. The largest absolute Gasteiger partial charge is 0.396 e. The van der Waals surface area contributed by atoms with Gasteiger partial charge in [0.1, 0.15) is 0 Å². The van der Waals surface area contributed by atoms with Gasteiger partial charge in [-0.15, -0.1) is 0 Å². The lowest BCUT2D eigenvalue weighted by Gasteiger charge is -2.60. The van der Waals surface area contributed by atoms with E-state index >= 15 is 0 Å². The summed E-state index contributed by atoms with van der Waals surface area (Å²) in [5.41, 5.74) is 6.84. The molecular formula is C29H46BO. The summed E-state index contributed by atoms with van der Waals surface area (Å²) in [5, 5.41) is 9.52. The molecule has 2 heteroatoms. The topological polar surface area (TPSA) is 20.2 Å². The van der Waals surface area contributed by atoms with Crippen molar-refractivity contribution in [1.29, 1.82) is 0 Å². The van der Waals surface area contributed by atoms with E-state index < -0.39 is 0 Å². The molecule has 4 fully saturated rings. The first-order valence-corrected chi connectivity index (χ1v) is 12.1. The first kappa shape index (κ1) is 26.2. The van der Waals surface area contributed by atoms with Crippen LogP contribution in [0.5, 0.6) is 0 Å².